The van der Waals surface area contributed by atoms with E-state index in [9.17, 15) is 27.7 Å². The van der Waals surface area contributed by atoms with E-state index in [1.54, 1.807) is 48.5 Å². The Bertz CT molecular complexity index is 1740. The summed E-state index contributed by atoms with van der Waals surface area (Å²) in [6.07, 6.45) is 1.50. The average molecular weight is 648 g/mol. The minimum atomic E-state index is -3.58. The van der Waals surface area contributed by atoms with Crippen LogP contribution in [0.3, 0.4) is 0 Å². The van der Waals surface area contributed by atoms with Crippen molar-refractivity contribution in [3.63, 3.8) is 0 Å². The van der Waals surface area contributed by atoms with Crippen LogP contribution in [0.4, 0.5) is 9.18 Å². The van der Waals surface area contributed by atoms with Gasteiger partial charge in [0.1, 0.15) is 47.3 Å². The molecule has 0 aromatic heterocycles. The molecule has 0 radical (unpaired) electrons. The van der Waals surface area contributed by atoms with Crippen LogP contribution >= 0.6 is 0 Å². The van der Waals surface area contributed by atoms with Gasteiger partial charge >= 0.3 is 6.09 Å². The first-order valence-electron chi connectivity index (χ1n) is 14.8. The van der Waals surface area contributed by atoms with Crippen molar-refractivity contribution < 1.29 is 36.6 Å². The van der Waals surface area contributed by atoms with Crippen LogP contribution in [0.5, 0.6) is 11.5 Å². The van der Waals surface area contributed by atoms with Gasteiger partial charge in [0.15, 0.2) is 9.84 Å². The minimum absolute atomic E-state index is 0.136. The largest absolute Gasteiger partial charge is 0.490 e. The molecule has 2 amide bonds. The average Bonchev–Trinajstić information content (AvgIpc) is 3.47. The summed E-state index contributed by atoms with van der Waals surface area (Å²) in [7, 11) is -3.58. The summed E-state index contributed by atoms with van der Waals surface area (Å²) < 4.78 is 57.0. The fraction of sp³-hybridized carbons (Fsp3) is 0.324. The molecular weight excluding hydrogens is 613 g/mol. The second-order valence-electron chi connectivity index (χ2n) is 11.2. The van der Waals surface area contributed by atoms with Crippen molar-refractivity contribution in [2.75, 3.05) is 26.3 Å². The molecule has 2 aliphatic rings. The maximum atomic E-state index is 14.4. The summed E-state index contributed by atoms with van der Waals surface area (Å²) in [6, 6.07) is 21.3. The number of benzene rings is 3. The van der Waals surface area contributed by atoms with Crippen LogP contribution in [0.15, 0.2) is 90.3 Å². The SMILES string of the molecule is C=CC(=O)N1CC(S(=O)(=O)c2ccc(OCCOc3ccc([C@](C#N)(c4cccc(F)c4)[C@H]4CCC[C@@H]4OC(N)=O)cc3)cc2)C1. The van der Waals surface area contributed by atoms with Gasteiger partial charge in [-0.3, -0.25) is 4.79 Å². The summed E-state index contributed by atoms with van der Waals surface area (Å²) in [4.78, 5) is 24.8. The van der Waals surface area contributed by atoms with E-state index in [-0.39, 0.29) is 37.1 Å². The number of primary amides is 1. The quantitative estimate of drug-likeness (QED) is 0.223. The predicted molar refractivity (Wildman–Crippen MR) is 166 cm³/mol. The molecule has 10 nitrogen and oxygen atoms in total. The highest BCUT2D eigenvalue weighted by Crippen LogP contribution is 2.48. The number of amides is 2. The summed E-state index contributed by atoms with van der Waals surface area (Å²) >= 11 is 0. The van der Waals surface area contributed by atoms with Gasteiger partial charge < -0.3 is 24.8 Å². The molecule has 240 valence electrons. The number of carbonyl (C=O) groups excluding carboxylic acids is 2. The van der Waals surface area contributed by atoms with Crippen molar-refractivity contribution >= 4 is 21.8 Å². The molecule has 2 fully saturated rings. The van der Waals surface area contributed by atoms with E-state index in [2.05, 4.69) is 12.6 Å². The van der Waals surface area contributed by atoms with Gasteiger partial charge in [0.05, 0.1) is 11.0 Å². The summed E-state index contributed by atoms with van der Waals surface area (Å²) in [6.45, 7) is 4.04. The Morgan fingerprint density at radius 3 is 2.20 bits per heavy atom. The molecule has 1 aliphatic carbocycles. The molecule has 3 atom stereocenters. The smallest absolute Gasteiger partial charge is 0.404 e. The molecule has 3 aromatic rings. The maximum Gasteiger partial charge on any atom is 0.404 e. The van der Waals surface area contributed by atoms with Crippen LogP contribution in [0, 0.1) is 23.1 Å². The Labute approximate surface area is 267 Å². The fourth-order valence-corrected chi connectivity index (χ4v) is 7.90. The normalized spacial score (nSPS) is 19.3. The Morgan fingerprint density at radius 1 is 1.00 bits per heavy atom. The van der Waals surface area contributed by atoms with Crippen LogP contribution in [-0.2, 0) is 24.8 Å². The highest BCUT2D eigenvalue weighted by molar-refractivity contribution is 7.92. The Morgan fingerprint density at radius 2 is 1.63 bits per heavy atom. The number of nitrogens with two attached hydrogens (primary N) is 1. The van der Waals surface area contributed by atoms with E-state index in [0.29, 0.717) is 35.5 Å². The van der Waals surface area contributed by atoms with E-state index in [4.69, 9.17) is 19.9 Å². The van der Waals surface area contributed by atoms with E-state index in [0.717, 1.165) is 6.42 Å². The molecule has 1 heterocycles. The number of hydrogen-bond acceptors (Lipinski definition) is 8. The van der Waals surface area contributed by atoms with Gasteiger partial charge in [-0.1, -0.05) is 30.8 Å². The second kappa shape index (κ2) is 13.6. The number of hydrogen-bond donors (Lipinski definition) is 1. The van der Waals surface area contributed by atoms with Crippen LogP contribution in [0.1, 0.15) is 30.4 Å². The summed E-state index contributed by atoms with van der Waals surface area (Å²) in [5.74, 6) is -0.237. The topological polar surface area (TPSA) is 149 Å². The number of halogens is 1. The first-order valence-corrected chi connectivity index (χ1v) is 16.4. The first kappa shape index (κ1) is 32.5. The van der Waals surface area contributed by atoms with E-state index < -0.39 is 44.4 Å². The van der Waals surface area contributed by atoms with Gasteiger partial charge in [0, 0.05) is 19.0 Å². The Balaban J connectivity index is 1.21. The molecule has 46 heavy (non-hydrogen) atoms. The van der Waals surface area contributed by atoms with Gasteiger partial charge in [-0.05, 0) is 85.0 Å². The first-order chi connectivity index (χ1) is 22.1. The lowest BCUT2D eigenvalue weighted by molar-refractivity contribution is -0.129. The maximum absolute atomic E-state index is 14.4. The zero-order valence-corrected chi connectivity index (χ0v) is 25.8. The van der Waals surface area contributed by atoms with Crippen LogP contribution in [0.2, 0.25) is 0 Å². The van der Waals surface area contributed by atoms with Gasteiger partial charge in [-0.15, -0.1) is 0 Å². The van der Waals surface area contributed by atoms with Crippen LogP contribution < -0.4 is 15.2 Å². The number of carbonyl (C=O) groups is 2. The summed E-state index contributed by atoms with van der Waals surface area (Å²) in [5.41, 5.74) is 5.08. The monoisotopic (exact) mass is 647 g/mol. The molecule has 5 rings (SSSR count). The number of rotatable bonds is 12. The van der Waals surface area contributed by atoms with Gasteiger partial charge in [0.25, 0.3) is 0 Å². The number of sulfone groups is 1. The third-order valence-electron chi connectivity index (χ3n) is 8.59. The molecule has 12 heteroatoms. The summed E-state index contributed by atoms with van der Waals surface area (Å²) in [5, 5.41) is 9.98. The van der Waals surface area contributed by atoms with Crippen molar-refractivity contribution in [2.45, 2.75) is 40.9 Å². The molecule has 0 unspecified atom stereocenters. The van der Waals surface area contributed by atoms with Crippen molar-refractivity contribution in [3.8, 4) is 17.6 Å². The molecule has 3 aromatic carbocycles. The van der Waals surface area contributed by atoms with Gasteiger partial charge in [0.2, 0.25) is 5.91 Å². The molecule has 0 bridgehead atoms. The fourth-order valence-electron chi connectivity index (χ4n) is 6.25. The van der Waals surface area contributed by atoms with Crippen LogP contribution in [-0.4, -0.2) is 63.0 Å². The molecular formula is C34H34FN3O7S. The molecule has 1 saturated heterocycles. The number of ether oxygens (including phenoxy) is 3. The van der Waals surface area contributed by atoms with Crippen molar-refractivity contribution in [2.24, 2.45) is 11.7 Å². The van der Waals surface area contributed by atoms with E-state index in [1.807, 2.05) is 0 Å². The third-order valence-corrected chi connectivity index (χ3v) is 10.7. The van der Waals surface area contributed by atoms with Crippen LogP contribution in [0.25, 0.3) is 0 Å². The zero-order valence-electron chi connectivity index (χ0n) is 25.0. The van der Waals surface area contributed by atoms with Crippen molar-refractivity contribution in [3.05, 3.63) is 102 Å². The molecule has 1 aliphatic heterocycles. The Kier molecular flexibility index (Phi) is 9.63. The number of nitriles is 1. The number of likely N-dealkylation sites (tertiary alicyclic amines) is 1. The van der Waals surface area contributed by atoms with E-state index in [1.165, 1.54) is 35.2 Å². The minimum Gasteiger partial charge on any atom is -0.490 e. The second-order valence-corrected chi connectivity index (χ2v) is 13.5. The lowest BCUT2D eigenvalue weighted by atomic mass is 9.65. The zero-order chi connectivity index (χ0) is 32.9. The highest BCUT2D eigenvalue weighted by Gasteiger charge is 2.50. The third kappa shape index (κ3) is 6.55. The molecule has 0 spiro atoms. The lowest BCUT2D eigenvalue weighted by Gasteiger charge is -2.37. The van der Waals surface area contributed by atoms with Gasteiger partial charge in [-0.25, -0.2) is 17.6 Å². The van der Waals surface area contributed by atoms with Crippen molar-refractivity contribution in [1.29, 1.82) is 5.26 Å². The van der Waals surface area contributed by atoms with E-state index >= 15 is 0 Å². The Hall–Kier alpha value is -4.89. The number of nitrogens with zero attached hydrogens (tertiary/aromatic N) is 2. The standard InChI is InChI=1S/C34H34FN3O7S/c1-2-32(39)38-20-29(21-38)46(41,42)28-15-13-27(14-16-28)44-18-17-43-26-11-9-23(10-12-26)34(22-36,24-5-3-6-25(35)19-24)30-7-4-8-31(30)45-33(37)40/h2-3,5-6,9-16,19,29-31H,1,4,7-8,17-18,20-21H2,(H2,37,40)/t30-,31-,34+/m0/s1. The molecule has 1 saturated carbocycles. The van der Waals surface area contributed by atoms with Gasteiger partial charge in [-0.2, -0.15) is 5.26 Å². The predicted octanol–water partition coefficient (Wildman–Crippen LogP) is 4.53. The highest BCUT2D eigenvalue weighted by atomic mass is 32.2. The molecule has 2 N–H and O–H groups in total. The lowest BCUT2D eigenvalue weighted by Crippen LogP contribution is -2.56. The van der Waals surface area contributed by atoms with Crippen molar-refractivity contribution in [1.82, 2.24) is 4.90 Å².